The Morgan fingerprint density at radius 3 is 2.70 bits per heavy atom. The quantitative estimate of drug-likeness (QED) is 0.811. The zero-order valence-corrected chi connectivity index (χ0v) is 16.0. The lowest BCUT2D eigenvalue weighted by atomic mass is 9.62. The molecule has 1 saturated carbocycles. The van der Waals surface area contributed by atoms with Crippen molar-refractivity contribution in [2.24, 2.45) is 5.41 Å². The average Bonchev–Trinajstić information content (AvgIpc) is 3.32. The summed E-state index contributed by atoms with van der Waals surface area (Å²) in [6.45, 7) is 2.62. The second-order valence-electron chi connectivity index (χ2n) is 8.35. The number of urea groups is 1. The second kappa shape index (κ2) is 6.81. The molecule has 160 valence electrons. The Labute approximate surface area is 169 Å². The van der Waals surface area contributed by atoms with Crippen molar-refractivity contribution in [2.75, 3.05) is 26.2 Å². The predicted molar refractivity (Wildman–Crippen MR) is 95.4 cm³/mol. The smallest absolute Gasteiger partial charge is 0.435 e. The minimum absolute atomic E-state index is 0.000627. The first kappa shape index (κ1) is 19.1. The Kier molecular flexibility index (Phi) is 4.33. The maximum Gasteiger partial charge on any atom is 0.435 e. The van der Waals surface area contributed by atoms with E-state index in [4.69, 9.17) is 4.74 Å². The summed E-state index contributed by atoms with van der Waals surface area (Å²) in [4.78, 5) is 23.4. The van der Waals surface area contributed by atoms with E-state index < -0.39 is 11.9 Å². The molecule has 2 aliphatic heterocycles. The summed E-state index contributed by atoms with van der Waals surface area (Å²) in [5.41, 5.74) is -0.188. The fraction of sp³-hybridized carbons (Fsp3) is 0.611. The fourth-order valence-electron chi connectivity index (χ4n) is 4.64. The number of aromatic amines is 1. The Balaban J connectivity index is 1.10. The van der Waals surface area contributed by atoms with Crippen molar-refractivity contribution >= 4 is 6.03 Å². The zero-order valence-electron chi connectivity index (χ0n) is 16.0. The van der Waals surface area contributed by atoms with Gasteiger partial charge in [0.25, 0.3) is 0 Å². The molecule has 1 N–H and O–H groups in total. The second-order valence-corrected chi connectivity index (χ2v) is 8.35. The van der Waals surface area contributed by atoms with Gasteiger partial charge in [0.1, 0.15) is 6.10 Å². The Hall–Kier alpha value is -2.92. The molecule has 30 heavy (non-hydrogen) atoms. The van der Waals surface area contributed by atoms with Crippen LogP contribution in [0.25, 0.3) is 0 Å². The molecule has 3 aliphatic rings. The van der Waals surface area contributed by atoms with Gasteiger partial charge in [-0.05, 0) is 19.3 Å². The van der Waals surface area contributed by atoms with Gasteiger partial charge >= 0.3 is 12.2 Å². The maximum absolute atomic E-state index is 12.7. The summed E-state index contributed by atoms with van der Waals surface area (Å²) in [5.74, 6) is 0.0888. The molecule has 4 heterocycles. The highest BCUT2D eigenvalue weighted by Crippen LogP contribution is 2.50. The third-order valence-corrected chi connectivity index (χ3v) is 6.15. The number of hydrogen-bond acceptors (Lipinski definition) is 6. The van der Waals surface area contributed by atoms with E-state index in [-0.39, 0.29) is 29.3 Å². The van der Waals surface area contributed by atoms with Gasteiger partial charge in [-0.25, -0.2) is 9.78 Å². The summed E-state index contributed by atoms with van der Waals surface area (Å²) in [7, 11) is 0. The molecule has 5 rings (SSSR count). The highest BCUT2D eigenvalue weighted by molar-refractivity contribution is 5.76. The van der Waals surface area contributed by atoms with Crippen LogP contribution in [0.4, 0.5) is 18.0 Å². The first-order valence-corrected chi connectivity index (χ1v) is 9.77. The number of nitrogens with one attached hydrogen (secondary N) is 1. The van der Waals surface area contributed by atoms with E-state index in [1.807, 2.05) is 9.80 Å². The number of carbonyl (C=O) groups excluding carboxylic acids is 1. The maximum atomic E-state index is 12.7. The fourth-order valence-corrected chi connectivity index (χ4v) is 4.64. The minimum Gasteiger partial charge on any atom is -0.473 e. The SMILES string of the molecule is O=C(N1CCC(c2cn[nH]n2)C1)N1CC2(CC(Oc3cncc(C(F)(F)F)n3)C2)C1. The lowest BCUT2D eigenvalue weighted by Gasteiger charge is -2.58. The highest BCUT2D eigenvalue weighted by atomic mass is 19.4. The summed E-state index contributed by atoms with van der Waals surface area (Å²) in [6.07, 6.45) is 1.05. The van der Waals surface area contributed by atoms with Crippen LogP contribution in [0.3, 0.4) is 0 Å². The number of likely N-dealkylation sites (tertiary alicyclic amines) is 2. The van der Waals surface area contributed by atoms with Crippen molar-refractivity contribution < 1.29 is 22.7 Å². The largest absolute Gasteiger partial charge is 0.473 e. The monoisotopic (exact) mass is 423 g/mol. The van der Waals surface area contributed by atoms with Crippen LogP contribution in [0.1, 0.15) is 36.6 Å². The van der Waals surface area contributed by atoms with E-state index in [9.17, 15) is 18.0 Å². The van der Waals surface area contributed by atoms with Gasteiger partial charge in [0.2, 0.25) is 5.88 Å². The number of rotatable bonds is 3. The number of halogens is 3. The van der Waals surface area contributed by atoms with Gasteiger partial charge in [-0.15, -0.1) is 0 Å². The van der Waals surface area contributed by atoms with Crippen molar-refractivity contribution in [3.8, 4) is 5.88 Å². The molecule has 1 spiro atoms. The normalized spacial score (nSPS) is 23.4. The molecular formula is C18H20F3N7O2. The van der Waals surface area contributed by atoms with Crippen molar-refractivity contribution in [1.82, 2.24) is 35.2 Å². The molecule has 2 aromatic heterocycles. The molecule has 1 aliphatic carbocycles. The van der Waals surface area contributed by atoms with Gasteiger partial charge in [-0.2, -0.15) is 28.6 Å². The van der Waals surface area contributed by atoms with Crippen LogP contribution < -0.4 is 4.74 Å². The number of alkyl halides is 3. The summed E-state index contributed by atoms with van der Waals surface area (Å²) in [5, 5.41) is 10.5. The third kappa shape index (κ3) is 3.43. The van der Waals surface area contributed by atoms with Crippen molar-refractivity contribution in [3.05, 3.63) is 30.0 Å². The van der Waals surface area contributed by atoms with E-state index in [1.54, 1.807) is 6.20 Å². The number of H-pyrrole nitrogens is 1. The predicted octanol–water partition coefficient (Wildman–Crippen LogP) is 2.07. The minimum atomic E-state index is -4.55. The van der Waals surface area contributed by atoms with Crippen LogP contribution in [-0.4, -0.2) is 73.5 Å². The van der Waals surface area contributed by atoms with Crippen LogP contribution in [0, 0.1) is 5.41 Å². The standard InChI is InChI=1S/C18H20F3N7O2/c19-18(20,21)14-6-22-7-15(24-14)30-12-3-17(4-12)9-28(10-17)16(29)27-2-1-11(8-27)13-5-23-26-25-13/h5-7,11-12H,1-4,8-10H2,(H,23,25,26). The molecule has 0 radical (unpaired) electrons. The van der Waals surface area contributed by atoms with Crippen LogP contribution >= 0.6 is 0 Å². The van der Waals surface area contributed by atoms with Gasteiger partial charge < -0.3 is 14.5 Å². The molecule has 0 bridgehead atoms. The Bertz CT molecular complexity index is 922. The van der Waals surface area contributed by atoms with Crippen LogP contribution in [0.2, 0.25) is 0 Å². The van der Waals surface area contributed by atoms with Crippen LogP contribution in [0.5, 0.6) is 5.88 Å². The van der Waals surface area contributed by atoms with Gasteiger partial charge in [0, 0.05) is 37.5 Å². The number of amides is 2. The topological polar surface area (TPSA) is 100 Å². The third-order valence-electron chi connectivity index (χ3n) is 6.15. The molecule has 0 aromatic carbocycles. The molecular weight excluding hydrogens is 403 g/mol. The molecule has 2 saturated heterocycles. The van der Waals surface area contributed by atoms with E-state index in [0.29, 0.717) is 45.2 Å². The van der Waals surface area contributed by atoms with E-state index in [0.717, 1.165) is 12.1 Å². The molecule has 12 heteroatoms. The number of ether oxygens (including phenoxy) is 1. The molecule has 1 atom stereocenters. The molecule has 2 aromatic rings. The summed E-state index contributed by atoms with van der Waals surface area (Å²) < 4.78 is 43.8. The number of nitrogens with zero attached hydrogens (tertiary/aromatic N) is 6. The van der Waals surface area contributed by atoms with Gasteiger partial charge in [-0.3, -0.25) is 4.98 Å². The van der Waals surface area contributed by atoms with Crippen molar-refractivity contribution in [2.45, 2.75) is 37.5 Å². The van der Waals surface area contributed by atoms with E-state index >= 15 is 0 Å². The first-order chi connectivity index (χ1) is 14.3. The van der Waals surface area contributed by atoms with E-state index in [1.165, 1.54) is 6.20 Å². The molecule has 9 nitrogen and oxygen atoms in total. The molecule has 2 amide bonds. The first-order valence-electron chi connectivity index (χ1n) is 9.77. The zero-order chi connectivity index (χ0) is 20.9. The van der Waals surface area contributed by atoms with Crippen LogP contribution in [0.15, 0.2) is 18.6 Å². The van der Waals surface area contributed by atoms with Gasteiger partial charge in [0.15, 0.2) is 5.69 Å². The Morgan fingerprint density at radius 2 is 2.00 bits per heavy atom. The van der Waals surface area contributed by atoms with Crippen molar-refractivity contribution in [3.63, 3.8) is 0 Å². The highest BCUT2D eigenvalue weighted by Gasteiger charge is 2.55. The van der Waals surface area contributed by atoms with Gasteiger partial charge in [-0.1, -0.05) is 0 Å². The lowest BCUT2D eigenvalue weighted by Crippen LogP contribution is -2.67. The van der Waals surface area contributed by atoms with Gasteiger partial charge in [0.05, 0.1) is 24.3 Å². The number of aromatic nitrogens is 5. The Morgan fingerprint density at radius 1 is 1.20 bits per heavy atom. The number of carbonyl (C=O) groups is 1. The summed E-state index contributed by atoms with van der Waals surface area (Å²) >= 11 is 0. The molecule has 1 unspecified atom stereocenters. The van der Waals surface area contributed by atoms with Crippen molar-refractivity contribution in [1.29, 1.82) is 0 Å². The molecule has 3 fully saturated rings. The number of hydrogen-bond donors (Lipinski definition) is 1. The van der Waals surface area contributed by atoms with Crippen LogP contribution in [-0.2, 0) is 6.18 Å². The summed E-state index contributed by atoms with van der Waals surface area (Å²) in [6, 6.07) is 0.0275. The van der Waals surface area contributed by atoms with E-state index in [2.05, 4.69) is 25.4 Å². The lowest BCUT2D eigenvalue weighted by molar-refractivity contribution is -0.142. The average molecular weight is 423 g/mol.